The fraction of sp³-hybridized carbons (Fsp3) is 0. The van der Waals surface area contributed by atoms with Crippen LogP contribution in [0.25, 0.3) is 0 Å². The first kappa shape index (κ1) is 8.73. The van der Waals surface area contributed by atoms with Gasteiger partial charge in [-0.1, -0.05) is 6.07 Å². The highest BCUT2D eigenvalue weighted by Gasteiger charge is 2.01. The summed E-state index contributed by atoms with van der Waals surface area (Å²) in [5.74, 6) is -0.631. The van der Waals surface area contributed by atoms with Crippen LogP contribution in [-0.2, 0) is 10.7 Å². The van der Waals surface area contributed by atoms with Gasteiger partial charge in [-0.2, -0.15) is 0 Å². The van der Waals surface area contributed by atoms with E-state index in [1.54, 1.807) is 0 Å². The minimum absolute atomic E-state index is 0.0984. The van der Waals surface area contributed by atoms with Gasteiger partial charge >= 0.3 is 0 Å². The molecule has 0 radical (unpaired) electrons. The van der Waals surface area contributed by atoms with Gasteiger partial charge < -0.3 is 5.73 Å². The van der Waals surface area contributed by atoms with E-state index in [-0.39, 0.29) is 10.5 Å². The molecular weight excluding hydrogens is 178 g/mol. The maximum Gasteiger partial charge on any atom is 0.248 e. The predicted molar refractivity (Wildman–Crippen MR) is 43.5 cm³/mol. The van der Waals surface area contributed by atoms with E-state index in [1.165, 1.54) is 24.3 Å². The smallest absolute Gasteiger partial charge is 0.248 e. The highest BCUT2D eigenvalue weighted by Crippen LogP contribution is 2.05. The van der Waals surface area contributed by atoms with E-state index < -0.39 is 16.6 Å². The molecule has 2 N–H and O–H groups in total. The summed E-state index contributed by atoms with van der Waals surface area (Å²) in [5.41, 5.74) is 5.15. The van der Waals surface area contributed by atoms with Crippen molar-refractivity contribution in [3.8, 4) is 0 Å². The van der Waals surface area contributed by atoms with Crippen molar-refractivity contribution in [3.05, 3.63) is 29.8 Å². The number of amides is 1. The molecule has 1 aromatic carbocycles. The number of hydrogen-bond acceptors (Lipinski definition) is 3. The second-order valence-electron chi connectivity index (χ2n) is 2.17. The zero-order valence-corrected chi connectivity index (χ0v) is 6.95. The maximum atomic E-state index is 10.6. The van der Waals surface area contributed by atoms with E-state index in [2.05, 4.69) is 0 Å². The molecule has 0 spiro atoms. The largest absolute Gasteiger partial charge is 0.366 e. The quantitative estimate of drug-likeness (QED) is 0.624. The summed E-state index contributed by atoms with van der Waals surface area (Å²) in [5, 5.41) is 0. The minimum atomic E-state index is -2.64. The van der Waals surface area contributed by atoms with Crippen molar-refractivity contribution in [2.45, 2.75) is 4.90 Å². The highest BCUT2D eigenvalue weighted by molar-refractivity contribution is 7.72. The summed E-state index contributed by atoms with van der Waals surface area (Å²) >= 11 is 0. The Morgan fingerprint density at radius 3 is 2.50 bits per heavy atom. The molecule has 0 fully saturated rings. The van der Waals surface area contributed by atoms with Gasteiger partial charge in [-0.25, -0.2) is 8.42 Å². The number of carbonyl (C=O) groups excluding carboxylic acids is 1. The zero-order valence-electron chi connectivity index (χ0n) is 6.06. The van der Waals surface area contributed by atoms with Crippen LogP contribution in [0.1, 0.15) is 10.4 Å². The van der Waals surface area contributed by atoms with Crippen molar-refractivity contribution in [1.29, 1.82) is 0 Å². The molecule has 0 unspecified atom stereocenters. The molecule has 0 aliphatic rings. The molecule has 0 aromatic heterocycles. The lowest BCUT2D eigenvalue weighted by Gasteiger charge is -1.94. The molecule has 0 atom stereocenters. The van der Waals surface area contributed by atoms with Crippen LogP contribution in [0.5, 0.6) is 0 Å². The molecule has 5 heteroatoms. The molecule has 12 heavy (non-hydrogen) atoms. The van der Waals surface area contributed by atoms with Crippen LogP contribution < -0.4 is 5.73 Å². The van der Waals surface area contributed by atoms with Crippen LogP contribution in [0, 0.1) is 0 Å². The minimum Gasteiger partial charge on any atom is -0.366 e. The third kappa shape index (κ3) is 1.82. The van der Waals surface area contributed by atoms with Gasteiger partial charge in [0.2, 0.25) is 5.91 Å². The Balaban J connectivity index is 3.21. The summed E-state index contributed by atoms with van der Waals surface area (Å²) in [6.45, 7) is 0. The van der Waals surface area contributed by atoms with E-state index in [9.17, 15) is 13.2 Å². The third-order valence-electron chi connectivity index (χ3n) is 1.34. The fourth-order valence-electron chi connectivity index (χ4n) is 0.773. The van der Waals surface area contributed by atoms with Gasteiger partial charge in [0, 0.05) is 5.56 Å². The van der Waals surface area contributed by atoms with Gasteiger partial charge in [-0.15, -0.1) is 0 Å². The van der Waals surface area contributed by atoms with Gasteiger partial charge in [-0.05, 0) is 18.2 Å². The van der Waals surface area contributed by atoms with Gasteiger partial charge in [0.1, 0.15) is 0 Å². The second-order valence-corrected chi connectivity index (χ2v) is 3.20. The molecule has 1 rings (SSSR count). The summed E-state index contributed by atoms with van der Waals surface area (Å²) in [7, 11) is -2.64. The topological polar surface area (TPSA) is 77.2 Å². The Labute approximate surface area is 71.0 Å². The zero-order chi connectivity index (χ0) is 9.14. The summed E-state index contributed by atoms with van der Waals surface area (Å²) in [6, 6.07) is 5.58. The van der Waals surface area contributed by atoms with Crippen LogP contribution in [0.3, 0.4) is 0 Å². The van der Waals surface area contributed by atoms with Gasteiger partial charge in [0.15, 0.2) is 10.7 Å². The molecule has 0 aliphatic carbocycles. The van der Waals surface area contributed by atoms with Crippen molar-refractivity contribution in [3.63, 3.8) is 0 Å². The Hall–Kier alpha value is -1.36. The molecule has 0 aliphatic heterocycles. The molecule has 4 nitrogen and oxygen atoms in total. The summed E-state index contributed by atoms with van der Waals surface area (Å²) in [4.78, 5) is 10.7. The van der Waals surface area contributed by atoms with E-state index in [4.69, 9.17) is 5.73 Å². The van der Waals surface area contributed by atoms with Crippen LogP contribution >= 0.6 is 0 Å². The Morgan fingerprint density at radius 1 is 1.33 bits per heavy atom. The lowest BCUT2D eigenvalue weighted by atomic mass is 10.2. The van der Waals surface area contributed by atoms with E-state index in [1.807, 2.05) is 0 Å². The number of thiol groups is 1. The molecule has 64 valence electrons. The van der Waals surface area contributed by atoms with Crippen LogP contribution in [0.2, 0.25) is 0 Å². The average molecular weight is 185 g/mol. The van der Waals surface area contributed by atoms with Gasteiger partial charge in [0.05, 0.1) is 4.90 Å². The number of rotatable bonds is 2. The third-order valence-corrected chi connectivity index (χ3v) is 2.04. The first-order valence-electron chi connectivity index (χ1n) is 3.15. The number of primary amides is 1. The second kappa shape index (κ2) is 3.36. The van der Waals surface area contributed by atoms with Crippen molar-refractivity contribution >= 4 is 16.6 Å². The fourth-order valence-corrected chi connectivity index (χ4v) is 1.23. The van der Waals surface area contributed by atoms with Crippen molar-refractivity contribution in [2.75, 3.05) is 0 Å². The molecule has 0 heterocycles. The van der Waals surface area contributed by atoms with Crippen molar-refractivity contribution in [2.24, 2.45) is 5.73 Å². The molecule has 1 amide bonds. The van der Waals surface area contributed by atoms with E-state index >= 15 is 0 Å². The Bertz CT molecular complexity index is 376. The van der Waals surface area contributed by atoms with Crippen LogP contribution in [0.4, 0.5) is 0 Å². The first-order valence-corrected chi connectivity index (χ1v) is 4.33. The average Bonchev–Trinajstić information content (AvgIpc) is 2.04. The highest BCUT2D eigenvalue weighted by atomic mass is 32.2. The molecular formula is C7H7NO3S. The Kier molecular flexibility index (Phi) is 2.44. The van der Waals surface area contributed by atoms with Crippen molar-refractivity contribution in [1.82, 2.24) is 0 Å². The van der Waals surface area contributed by atoms with E-state index in [0.717, 1.165) is 0 Å². The van der Waals surface area contributed by atoms with Crippen LogP contribution in [0.15, 0.2) is 29.2 Å². The maximum absolute atomic E-state index is 10.6. The standard InChI is InChI=1S/C7H7NO3S/c8-7(9)5-2-1-3-6(4-5)12(10)11/h1-4,12H,(H2,8,9). The lowest BCUT2D eigenvalue weighted by Crippen LogP contribution is -2.10. The van der Waals surface area contributed by atoms with Crippen LogP contribution in [-0.4, -0.2) is 14.3 Å². The first-order chi connectivity index (χ1) is 5.61. The van der Waals surface area contributed by atoms with Crippen molar-refractivity contribution < 1.29 is 13.2 Å². The Morgan fingerprint density at radius 2 is 2.00 bits per heavy atom. The predicted octanol–water partition coefficient (Wildman–Crippen LogP) is -0.244. The lowest BCUT2D eigenvalue weighted by molar-refractivity contribution is 0.1000. The summed E-state index contributed by atoms with van der Waals surface area (Å²) in [6.07, 6.45) is 0. The van der Waals surface area contributed by atoms with E-state index in [0.29, 0.717) is 0 Å². The normalized spacial score (nSPS) is 10.1. The number of carbonyl (C=O) groups is 1. The molecule has 0 saturated heterocycles. The number of benzene rings is 1. The monoisotopic (exact) mass is 185 g/mol. The molecule has 0 bridgehead atoms. The number of nitrogens with two attached hydrogens (primary N) is 1. The molecule has 0 saturated carbocycles. The van der Waals surface area contributed by atoms with Gasteiger partial charge in [0.25, 0.3) is 0 Å². The number of hydrogen-bond donors (Lipinski definition) is 2. The summed E-state index contributed by atoms with van der Waals surface area (Å²) < 4.78 is 20.9. The van der Waals surface area contributed by atoms with Gasteiger partial charge in [-0.3, -0.25) is 4.79 Å². The molecule has 1 aromatic rings. The SMILES string of the molecule is NC(=O)c1cccc([SH](=O)=O)c1.